The average Bonchev–Trinajstić information content (AvgIpc) is 1.81. The second kappa shape index (κ2) is 3.14. The molecule has 0 aromatic rings. The van der Waals surface area contributed by atoms with Crippen LogP contribution in [0.3, 0.4) is 0 Å². The van der Waals surface area contributed by atoms with Crippen molar-refractivity contribution in [1.29, 1.82) is 0 Å². The minimum Gasteiger partial charge on any atom is -0.169 e. The Bertz CT molecular complexity index is 144. The summed E-state index contributed by atoms with van der Waals surface area (Å²) in [6, 6.07) is 0. The van der Waals surface area contributed by atoms with Gasteiger partial charge in [-0.1, -0.05) is 11.6 Å². The fourth-order valence-corrected chi connectivity index (χ4v) is 0.615. The summed E-state index contributed by atoms with van der Waals surface area (Å²) in [5.41, 5.74) is 0. The quantitative estimate of drug-likeness (QED) is 0.483. The van der Waals surface area contributed by atoms with Crippen molar-refractivity contribution in [3.05, 3.63) is 0 Å². The molecule has 0 radical (unpaired) electrons. The number of alkyl halides is 8. The molecule has 0 heterocycles. The molecule has 0 fully saturated rings. The fraction of sp³-hybridized carbons (Fsp3) is 1.00. The first kappa shape index (κ1) is 12.2. The van der Waals surface area contributed by atoms with Gasteiger partial charge in [0.05, 0.1) is 5.88 Å². The third kappa shape index (κ3) is 1.90. The van der Waals surface area contributed by atoms with Crippen LogP contribution in [0, 0.1) is 0 Å². The molecule has 0 spiro atoms. The molecule has 0 aliphatic rings. The molecule has 0 bridgehead atoms. The summed E-state index contributed by atoms with van der Waals surface area (Å²) in [5.74, 6) is -1.76. The van der Waals surface area contributed by atoms with E-state index in [0.29, 0.717) is 0 Å². The van der Waals surface area contributed by atoms with Crippen molar-refractivity contribution in [1.82, 2.24) is 0 Å². The van der Waals surface area contributed by atoms with Crippen molar-refractivity contribution in [2.45, 2.75) is 17.2 Å². The lowest BCUT2D eigenvalue weighted by atomic mass is 10.1. The standard InChI is InChI=1S/C4H2Cl2F6/c5-1-2(6,3(7,8)9)4(10,11)12/h1H2. The van der Waals surface area contributed by atoms with Gasteiger partial charge in [0, 0.05) is 0 Å². The summed E-state index contributed by atoms with van der Waals surface area (Å²) >= 11 is 8.80. The molecule has 0 saturated heterocycles. The zero-order valence-electron chi connectivity index (χ0n) is 5.23. The fourth-order valence-electron chi connectivity index (χ4n) is 0.312. The zero-order valence-corrected chi connectivity index (χ0v) is 6.74. The highest BCUT2D eigenvalue weighted by atomic mass is 35.5. The Balaban J connectivity index is 4.95. The summed E-state index contributed by atoms with van der Waals surface area (Å²) in [6.45, 7) is 0. The third-order valence-corrected chi connectivity index (χ3v) is 2.18. The molecule has 0 amide bonds. The Morgan fingerprint density at radius 2 is 1.08 bits per heavy atom. The maximum Gasteiger partial charge on any atom is 0.417 e. The van der Waals surface area contributed by atoms with Crippen molar-refractivity contribution in [2.24, 2.45) is 0 Å². The van der Waals surface area contributed by atoms with Crippen molar-refractivity contribution < 1.29 is 26.3 Å². The van der Waals surface area contributed by atoms with Crippen LogP contribution in [0.25, 0.3) is 0 Å². The molecule has 0 N–H and O–H groups in total. The molecule has 0 atom stereocenters. The average molecular weight is 235 g/mol. The molecule has 0 saturated carbocycles. The highest BCUT2D eigenvalue weighted by molar-refractivity contribution is 6.31. The lowest BCUT2D eigenvalue weighted by Crippen LogP contribution is -2.53. The molecule has 0 aliphatic carbocycles. The first-order valence-electron chi connectivity index (χ1n) is 2.44. The van der Waals surface area contributed by atoms with E-state index < -0.39 is 23.1 Å². The smallest absolute Gasteiger partial charge is 0.169 e. The molecule has 0 rings (SSSR count). The van der Waals surface area contributed by atoms with E-state index >= 15 is 0 Å². The van der Waals surface area contributed by atoms with Crippen LogP contribution in [0.4, 0.5) is 26.3 Å². The predicted octanol–water partition coefficient (Wildman–Crippen LogP) is 3.33. The van der Waals surface area contributed by atoms with E-state index in [9.17, 15) is 26.3 Å². The number of halogens is 8. The maximum atomic E-state index is 11.7. The van der Waals surface area contributed by atoms with Gasteiger partial charge in [-0.25, -0.2) is 0 Å². The van der Waals surface area contributed by atoms with E-state index in [2.05, 4.69) is 23.2 Å². The van der Waals surface area contributed by atoms with Gasteiger partial charge < -0.3 is 0 Å². The monoisotopic (exact) mass is 234 g/mol. The minimum absolute atomic E-state index is 1.76. The van der Waals surface area contributed by atoms with Crippen LogP contribution >= 0.6 is 23.2 Å². The van der Waals surface area contributed by atoms with Gasteiger partial charge in [0.15, 0.2) is 0 Å². The summed E-state index contributed by atoms with van der Waals surface area (Å²) < 4.78 is 70.0. The first-order chi connectivity index (χ1) is 5.06. The Hall–Kier alpha value is 0.160. The van der Waals surface area contributed by atoms with E-state index in [1.807, 2.05) is 0 Å². The summed E-state index contributed by atoms with van der Waals surface area (Å²) in [7, 11) is 0. The molecule has 74 valence electrons. The SMILES string of the molecule is FC(F)(F)C(Cl)(CCl)C(F)(F)F. The van der Waals surface area contributed by atoms with Gasteiger partial charge in [0.1, 0.15) is 0 Å². The molecular weight excluding hydrogens is 233 g/mol. The van der Waals surface area contributed by atoms with Crippen LogP contribution in [0.5, 0.6) is 0 Å². The van der Waals surface area contributed by atoms with Crippen LogP contribution in [0.15, 0.2) is 0 Å². The minimum atomic E-state index is -5.60. The highest BCUT2D eigenvalue weighted by Crippen LogP contribution is 2.48. The van der Waals surface area contributed by atoms with Crippen LogP contribution in [0.2, 0.25) is 0 Å². The van der Waals surface area contributed by atoms with Gasteiger partial charge >= 0.3 is 12.4 Å². The third-order valence-electron chi connectivity index (χ3n) is 1.08. The zero-order chi connectivity index (χ0) is 10.2. The van der Waals surface area contributed by atoms with E-state index in [-0.39, 0.29) is 0 Å². The lowest BCUT2D eigenvalue weighted by molar-refractivity contribution is -0.261. The van der Waals surface area contributed by atoms with Gasteiger partial charge in [-0.2, -0.15) is 26.3 Å². The highest BCUT2D eigenvalue weighted by Gasteiger charge is 2.69. The van der Waals surface area contributed by atoms with Crippen LogP contribution in [-0.4, -0.2) is 23.1 Å². The molecular formula is C4H2Cl2F6. The Morgan fingerprint density at radius 1 is 0.833 bits per heavy atom. The van der Waals surface area contributed by atoms with Crippen LogP contribution in [0.1, 0.15) is 0 Å². The molecule has 0 aromatic heterocycles. The summed E-state index contributed by atoms with van der Waals surface area (Å²) in [6.07, 6.45) is -11.2. The predicted molar refractivity (Wildman–Crippen MR) is 31.4 cm³/mol. The Labute approximate surface area is 73.4 Å². The normalized spacial score (nSPS) is 15.0. The molecule has 12 heavy (non-hydrogen) atoms. The van der Waals surface area contributed by atoms with Gasteiger partial charge in [-0.05, 0) is 0 Å². The van der Waals surface area contributed by atoms with E-state index in [1.54, 1.807) is 0 Å². The van der Waals surface area contributed by atoms with Gasteiger partial charge in [0.25, 0.3) is 0 Å². The molecule has 8 heteroatoms. The molecule has 0 aliphatic heterocycles. The summed E-state index contributed by atoms with van der Waals surface area (Å²) in [5, 5.41) is 0. The van der Waals surface area contributed by atoms with E-state index in [0.717, 1.165) is 0 Å². The number of hydrogen-bond donors (Lipinski definition) is 0. The van der Waals surface area contributed by atoms with Gasteiger partial charge in [-0.15, -0.1) is 11.6 Å². The van der Waals surface area contributed by atoms with Crippen LogP contribution in [-0.2, 0) is 0 Å². The van der Waals surface area contributed by atoms with Crippen molar-refractivity contribution in [3.8, 4) is 0 Å². The van der Waals surface area contributed by atoms with Gasteiger partial charge in [-0.3, -0.25) is 0 Å². The first-order valence-corrected chi connectivity index (χ1v) is 3.36. The molecule has 0 nitrogen and oxygen atoms in total. The Kier molecular flexibility index (Phi) is 3.18. The van der Waals surface area contributed by atoms with Crippen molar-refractivity contribution in [3.63, 3.8) is 0 Å². The van der Waals surface area contributed by atoms with Gasteiger partial charge in [0.2, 0.25) is 4.87 Å². The molecule has 0 unspecified atom stereocenters. The van der Waals surface area contributed by atoms with Crippen molar-refractivity contribution >= 4 is 23.2 Å². The van der Waals surface area contributed by atoms with Crippen molar-refractivity contribution in [2.75, 3.05) is 5.88 Å². The second-order valence-corrected chi connectivity index (χ2v) is 2.84. The molecule has 0 aromatic carbocycles. The largest absolute Gasteiger partial charge is 0.417 e. The summed E-state index contributed by atoms with van der Waals surface area (Å²) in [4.78, 5) is -4.35. The van der Waals surface area contributed by atoms with E-state index in [1.165, 1.54) is 0 Å². The van der Waals surface area contributed by atoms with E-state index in [4.69, 9.17) is 0 Å². The van der Waals surface area contributed by atoms with Crippen LogP contribution < -0.4 is 0 Å². The maximum absolute atomic E-state index is 11.7. The number of rotatable bonds is 1. The Morgan fingerprint density at radius 3 is 1.08 bits per heavy atom. The lowest BCUT2D eigenvalue weighted by Gasteiger charge is -2.29. The topological polar surface area (TPSA) is 0 Å². The second-order valence-electron chi connectivity index (χ2n) is 1.93. The number of hydrogen-bond acceptors (Lipinski definition) is 0.